The third-order valence-corrected chi connectivity index (χ3v) is 20.8. The second kappa shape index (κ2) is 23.5. The second-order valence-corrected chi connectivity index (χ2v) is 26.9. The monoisotopic (exact) mass is 1140 g/mol. The standard InChI is InChI=1S/C85H85NO/c1-7-9-11-13-15-25-47-85(48-26-16-14-12-10-8-2)74-32-24-23-31-67(74)72-44-37-65(56-79(72)85)63-35-42-70-68-40-33-61(52-75(68)83(3,4)77(70)54-63)62-34-41-69-71-43-36-64(55-78(71)84(5,6)76(69)53-62)66-39-46-81-82(57-66)87-50-49-86(81)80-45-38-60(58-27-19-17-20-28-58)51-73(80)59-29-21-18-22-30-59/h17-24,27-46,51-57H,7-16,25-26,47-50H2,1-6H3. The molecule has 0 fully saturated rings. The van der Waals surface area contributed by atoms with Gasteiger partial charge in [0.05, 0.1) is 12.2 Å². The molecule has 2 nitrogen and oxygen atoms in total. The predicted molar refractivity (Wildman–Crippen MR) is 370 cm³/mol. The molecule has 3 aliphatic carbocycles. The van der Waals surface area contributed by atoms with Crippen molar-refractivity contribution in [1.29, 1.82) is 0 Å². The number of hydrogen-bond acceptors (Lipinski definition) is 2. The number of anilines is 2. The van der Waals surface area contributed by atoms with Gasteiger partial charge in [-0.25, -0.2) is 0 Å². The molecule has 1 aliphatic heterocycles. The van der Waals surface area contributed by atoms with Crippen molar-refractivity contribution in [2.45, 2.75) is 148 Å². The van der Waals surface area contributed by atoms with Gasteiger partial charge in [0.25, 0.3) is 0 Å². The maximum Gasteiger partial charge on any atom is 0.143 e. The number of benzene rings is 10. The Bertz CT molecular complexity index is 4160. The van der Waals surface area contributed by atoms with Gasteiger partial charge in [0, 0.05) is 27.5 Å². The van der Waals surface area contributed by atoms with Crippen molar-refractivity contribution in [3.63, 3.8) is 0 Å². The van der Waals surface area contributed by atoms with Crippen LogP contribution in [0.2, 0.25) is 0 Å². The van der Waals surface area contributed by atoms with E-state index >= 15 is 0 Å². The van der Waals surface area contributed by atoms with Gasteiger partial charge in [-0.05, 0) is 184 Å². The first-order chi connectivity index (χ1) is 42.6. The Morgan fingerprint density at radius 3 is 1.20 bits per heavy atom. The van der Waals surface area contributed by atoms with Crippen LogP contribution in [0, 0.1) is 0 Å². The fourth-order valence-corrected chi connectivity index (χ4v) is 16.0. The Hall–Kier alpha value is -8.20. The molecule has 0 saturated heterocycles. The lowest BCUT2D eigenvalue weighted by molar-refractivity contribution is 0.314. The molecular formula is C85H85NO. The minimum absolute atomic E-state index is 0.0629. The number of nitrogens with zero attached hydrogens (tertiary/aromatic N) is 1. The highest BCUT2D eigenvalue weighted by Crippen LogP contribution is 2.57. The van der Waals surface area contributed by atoms with Crippen LogP contribution in [0.4, 0.5) is 11.4 Å². The van der Waals surface area contributed by atoms with Gasteiger partial charge >= 0.3 is 0 Å². The van der Waals surface area contributed by atoms with Gasteiger partial charge in [-0.1, -0.05) is 276 Å². The Balaban J connectivity index is 0.726. The number of fused-ring (bicyclic) bond motifs is 10. The summed E-state index contributed by atoms with van der Waals surface area (Å²) in [5.41, 5.74) is 31.5. The van der Waals surface area contributed by atoms with Crippen molar-refractivity contribution >= 4 is 11.4 Å². The van der Waals surface area contributed by atoms with Crippen LogP contribution < -0.4 is 9.64 Å². The summed E-state index contributed by atoms with van der Waals surface area (Å²) in [5.74, 6) is 0.920. The van der Waals surface area contributed by atoms with Gasteiger partial charge in [0.15, 0.2) is 0 Å². The van der Waals surface area contributed by atoms with E-state index in [0.29, 0.717) is 6.61 Å². The normalized spacial score (nSPS) is 15.0. The summed E-state index contributed by atoms with van der Waals surface area (Å²) in [6.45, 7) is 15.8. The largest absolute Gasteiger partial charge is 0.490 e. The van der Waals surface area contributed by atoms with E-state index in [1.54, 1.807) is 11.1 Å². The molecule has 10 aromatic rings. The van der Waals surface area contributed by atoms with Crippen molar-refractivity contribution in [1.82, 2.24) is 0 Å². The SMILES string of the molecule is CCCCCCCCC1(CCCCCCCC)c2ccccc2-c2ccc(-c3ccc4c(c3)C(C)(C)c3cc(-c5ccc6c(c5)C(C)(C)c5cc(-c7ccc8c(c7)OCCN8c7ccc(-c8ccccc8)cc7-c7ccccc7)ccc5-6)ccc3-4)cc21. The topological polar surface area (TPSA) is 12.5 Å². The molecule has 0 radical (unpaired) electrons. The first-order valence-electron chi connectivity index (χ1n) is 33.2. The molecule has 0 aromatic heterocycles. The summed E-state index contributed by atoms with van der Waals surface area (Å²) in [6.07, 6.45) is 18.4. The van der Waals surface area contributed by atoms with Gasteiger partial charge in [-0.15, -0.1) is 0 Å². The van der Waals surface area contributed by atoms with E-state index in [0.717, 1.165) is 18.0 Å². The highest BCUT2D eigenvalue weighted by atomic mass is 16.5. The van der Waals surface area contributed by atoms with Crippen molar-refractivity contribution in [3.8, 4) is 94.8 Å². The quantitative estimate of drug-likeness (QED) is 0.0705. The third-order valence-electron chi connectivity index (χ3n) is 20.8. The maximum atomic E-state index is 6.52. The molecule has 2 heteroatoms. The highest BCUT2D eigenvalue weighted by Gasteiger charge is 2.43. The van der Waals surface area contributed by atoms with Crippen LogP contribution in [0.25, 0.3) is 89.0 Å². The van der Waals surface area contributed by atoms with Crippen LogP contribution in [0.1, 0.15) is 165 Å². The summed E-state index contributed by atoms with van der Waals surface area (Å²) in [7, 11) is 0. The molecule has 0 bridgehead atoms. The van der Waals surface area contributed by atoms with E-state index in [2.05, 4.69) is 259 Å². The average molecular weight is 1140 g/mol. The molecule has 0 unspecified atom stereocenters. The van der Waals surface area contributed by atoms with E-state index in [1.165, 1.54) is 207 Å². The van der Waals surface area contributed by atoms with Crippen LogP contribution >= 0.6 is 0 Å². The third kappa shape index (κ3) is 10.2. The molecule has 0 atom stereocenters. The van der Waals surface area contributed by atoms with Crippen LogP contribution in [0.3, 0.4) is 0 Å². The zero-order valence-corrected chi connectivity index (χ0v) is 52.4. The van der Waals surface area contributed by atoms with Crippen molar-refractivity contribution in [2.75, 3.05) is 18.1 Å². The lowest BCUT2D eigenvalue weighted by Gasteiger charge is -2.33. The van der Waals surface area contributed by atoms with Gasteiger partial charge in [-0.3, -0.25) is 0 Å². The van der Waals surface area contributed by atoms with E-state index in [4.69, 9.17) is 4.74 Å². The average Bonchev–Trinajstić information content (AvgIpc) is 1.71. The Morgan fingerprint density at radius 1 is 0.310 bits per heavy atom. The van der Waals surface area contributed by atoms with E-state index in [1.807, 2.05) is 0 Å². The molecule has 0 N–H and O–H groups in total. The van der Waals surface area contributed by atoms with Crippen LogP contribution in [0.5, 0.6) is 5.75 Å². The second-order valence-electron chi connectivity index (χ2n) is 26.9. The van der Waals surface area contributed by atoms with E-state index < -0.39 is 0 Å². The summed E-state index contributed by atoms with van der Waals surface area (Å²) >= 11 is 0. The van der Waals surface area contributed by atoms with Gasteiger partial charge < -0.3 is 9.64 Å². The Kier molecular flexibility index (Phi) is 15.3. The molecule has 1 heterocycles. The maximum absolute atomic E-state index is 6.52. The van der Waals surface area contributed by atoms with Crippen molar-refractivity contribution in [2.24, 2.45) is 0 Å². The predicted octanol–water partition coefficient (Wildman–Crippen LogP) is 23.9. The lowest BCUT2D eigenvalue weighted by Crippen LogP contribution is -2.29. The first kappa shape index (κ1) is 56.6. The molecule has 0 saturated carbocycles. The zero-order valence-electron chi connectivity index (χ0n) is 52.4. The molecule has 0 amide bonds. The van der Waals surface area contributed by atoms with Crippen LogP contribution in [0.15, 0.2) is 212 Å². The number of hydrogen-bond donors (Lipinski definition) is 0. The Morgan fingerprint density at radius 2 is 0.690 bits per heavy atom. The molecule has 436 valence electrons. The van der Waals surface area contributed by atoms with Crippen LogP contribution in [-0.4, -0.2) is 13.2 Å². The van der Waals surface area contributed by atoms with E-state index in [9.17, 15) is 0 Å². The van der Waals surface area contributed by atoms with Crippen molar-refractivity contribution < 1.29 is 4.74 Å². The van der Waals surface area contributed by atoms with Crippen LogP contribution in [-0.2, 0) is 16.2 Å². The summed E-state index contributed by atoms with van der Waals surface area (Å²) in [4.78, 5) is 2.45. The summed E-state index contributed by atoms with van der Waals surface area (Å²) in [5, 5.41) is 0. The minimum Gasteiger partial charge on any atom is -0.490 e. The van der Waals surface area contributed by atoms with Gasteiger partial charge in [-0.2, -0.15) is 0 Å². The van der Waals surface area contributed by atoms with E-state index in [-0.39, 0.29) is 16.2 Å². The molecule has 87 heavy (non-hydrogen) atoms. The van der Waals surface area contributed by atoms with Crippen molar-refractivity contribution in [3.05, 3.63) is 246 Å². The smallest absolute Gasteiger partial charge is 0.143 e. The molecule has 14 rings (SSSR count). The molecule has 0 spiro atoms. The van der Waals surface area contributed by atoms with Gasteiger partial charge in [0.2, 0.25) is 0 Å². The lowest BCUT2D eigenvalue weighted by atomic mass is 9.70. The minimum atomic E-state index is -0.191. The Labute approximate surface area is 519 Å². The highest BCUT2D eigenvalue weighted by molar-refractivity contribution is 5.92. The number of rotatable bonds is 20. The number of unbranched alkanes of at least 4 members (excludes halogenated alkanes) is 10. The molecule has 4 aliphatic rings. The number of ether oxygens (including phenoxy) is 1. The molecular weight excluding hydrogens is 1050 g/mol. The fourth-order valence-electron chi connectivity index (χ4n) is 16.0. The van der Waals surface area contributed by atoms with Gasteiger partial charge in [0.1, 0.15) is 12.4 Å². The summed E-state index contributed by atoms with van der Waals surface area (Å²) < 4.78 is 6.52. The fraction of sp³-hybridized carbons (Fsp3) is 0.294. The zero-order chi connectivity index (χ0) is 59.3. The summed E-state index contributed by atoms with van der Waals surface area (Å²) in [6, 6.07) is 81.3. The first-order valence-corrected chi connectivity index (χ1v) is 33.2. The molecule has 10 aromatic carbocycles.